The summed E-state index contributed by atoms with van der Waals surface area (Å²) in [5, 5.41) is 26.7. The second-order valence-electron chi connectivity index (χ2n) is 16.0. The number of nitrogens with two attached hydrogens (primary N) is 1. The number of hydrogen-bond acceptors (Lipinski definition) is 11. The smallest absolute Gasteiger partial charge is 0.407 e. The van der Waals surface area contributed by atoms with E-state index < -0.39 is 71.8 Å². The van der Waals surface area contributed by atoms with Crippen LogP contribution in [0.3, 0.4) is 0 Å². The van der Waals surface area contributed by atoms with Gasteiger partial charge in [0, 0.05) is 30.5 Å². The fourth-order valence-corrected chi connectivity index (χ4v) is 8.52. The largest absolute Gasteiger partial charge is 0.459 e. The van der Waals surface area contributed by atoms with Gasteiger partial charge in [-0.15, -0.1) is 0 Å². The molecule has 5 N–H and O–H groups in total. The van der Waals surface area contributed by atoms with E-state index in [1.165, 1.54) is 0 Å². The first-order chi connectivity index (χ1) is 23.3. The van der Waals surface area contributed by atoms with Crippen molar-refractivity contribution in [1.82, 2.24) is 10.2 Å². The summed E-state index contributed by atoms with van der Waals surface area (Å²) < 4.78 is 31.8. The van der Waals surface area contributed by atoms with Gasteiger partial charge in [0.2, 0.25) is 0 Å². The lowest BCUT2D eigenvalue weighted by Crippen LogP contribution is -2.59. The quantitative estimate of drug-likeness (QED) is 0.305. The maximum absolute atomic E-state index is 14.1. The summed E-state index contributed by atoms with van der Waals surface area (Å²) in [5.74, 6) is -2.65. The van der Waals surface area contributed by atoms with Crippen molar-refractivity contribution in [2.75, 3.05) is 14.1 Å². The Morgan fingerprint density at radius 2 is 1.74 bits per heavy atom. The van der Waals surface area contributed by atoms with Crippen LogP contribution >= 0.6 is 0 Å². The lowest BCUT2D eigenvalue weighted by molar-refractivity contribution is -0.299. The molecule has 0 aliphatic carbocycles. The fourth-order valence-electron chi connectivity index (χ4n) is 8.52. The van der Waals surface area contributed by atoms with Crippen LogP contribution in [0.25, 0.3) is 0 Å². The van der Waals surface area contributed by atoms with Crippen molar-refractivity contribution in [3.63, 3.8) is 0 Å². The average molecular weight is 706 g/mol. The van der Waals surface area contributed by atoms with Gasteiger partial charge in [0.25, 0.3) is 0 Å². The number of nitrogens with zero attached hydrogens (tertiary/aromatic N) is 1. The first-order valence-corrected chi connectivity index (χ1v) is 18.3. The predicted octanol–water partition coefficient (Wildman–Crippen LogP) is 3.91. The van der Waals surface area contributed by atoms with Gasteiger partial charge in [0.05, 0.1) is 29.8 Å². The number of hydrogen-bond donors (Lipinski definition) is 4. The molecule has 0 aromatic heterocycles. The molecule has 12 heteroatoms. The monoisotopic (exact) mass is 705 g/mol. The predicted molar refractivity (Wildman–Crippen MR) is 189 cm³/mol. The van der Waals surface area contributed by atoms with Crippen LogP contribution in [0, 0.1) is 30.6 Å². The number of fused-ring (bicyclic) bond motifs is 2. The first kappa shape index (κ1) is 40.5. The first-order valence-electron chi connectivity index (χ1n) is 18.3. The third-order valence-electron chi connectivity index (χ3n) is 11.5. The molecule has 3 heterocycles. The SMILES string of the molecule is CC[C@H]1OC(=O)[C@H](C)[C@@H](OC(=O)NCc2ccc(C)cc2)[C@H](C)[C@@H](OC2O[C@H](C)C[C@H](N(C)C)[C@H]2O)[C@](C)(O)C[C@@H](C)[C@@H]2OC1(C)[C@@H](N)[C@H]2C. The van der Waals surface area contributed by atoms with Crippen molar-refractivity contribution >= 4 is 12.1 Å². The summed E-state index contributed by atoms with van der Waals surface area (Å²) in [4.78, 5) is 29.5. The molecule has 3 aliphatic heterocycles. The van der Waals surface area contributed by atoms with Crippen LogP contribution in [0.1, 0.15) is 85.8 Å². The number of rotatable bonds is 7. The number of nitrogens with one attached hydrogen (secondary N) is 1. The zero-order valence-electron chi connectivity index (χ0n) is 31.9. The fraction of sp³-hybridized carbons (Fsp3) is 0.789. The molecule has 0 spiro atoms. The van der Waals surface area contributed by atoms with E-state index in [2.05, 4.69) is 5.32 Å². The second-order valence-corrected chi connectivity index (χ2v) is 16.0. The molecule has 0 radical (unpaired) electrons. The molecule has 284 valence electrons. The molecule has 1 aromatic rings. The Bertz CT molecular complexity index is 1290. The average Bonchev–Trinajstić information content (AvgIpc) is 3.29. The Kier molecular flexibility index (Phi) is 13.1. The molecule has 3 fully saturated rings. The minimum Gasteiger partial charge on any atom is -0.459 e. The molecule has 1 amide bonds. The van der Waals surface area contributed by atoms with Crippen molar-refractivity contribution in [2.24, 2.45) is 29.4 Å². The van der Waals surface area contributed by atoms with Gasteiger partial charge in [-0.2, -0.15) is 0 Å². The normalized spacial score (nSPS) is 42.9. The lowest BCUT2D eigenvalue weighted by atomic mass is 9.75. The number of cyclic esters (lactones) is 1. The minimum atomic E-state index is -1.57. The standard InChI is InChI=1S/C38H63N3O9/c1-12-28-38(9)32(39)23(5)30(50-38)21(3)18-37(8,45)33(49-35-29(42)27(41(10)11)17-22(4)46-35)24(6)31(25(7)34(43)47-28)48-36(44)40-19-26-15-13-20(2)14-16-26/h13-16,21-25,27-33,35,42,45H,12,17-19,39H2,1-11H3,(H,40,44)/t21-,22-,23+,24+,25-,27+,28-,29-,30+,31+,32+,33-,35?,37-,38?/m1/s1. The van der Waals surface area contributed by atoms with Crippen LogP contribution in [0.15, 0.2) is 24.3 Å². The highest BCUT2D eigenvalue weighted by Crippen LogP contribution is 2.45. The van der Waals surface area contributed by atoms with Gasteiger partial charge in [-0.25, -0.2) is 4.79 Å². The Labute approximate surface area is 298 Å². The van der Waals surface area contributed by atoms with Crippen LogP contribution in [0.5, 0.6) is 0 Å². The number of amides is 1. The molecule has 1 aromatic carbocycles. The molecule has 0 saturated carbocycles. The third kappa shape index (κ3) is 8.65. The number of likely N-dealkylation sites (N-methyl/N-ethyl adjacent to an activating group) is 1. The molecule has 12 nitrogen and oxygen atoms in total. The van der Waals surface area contributed by atoms with E-state index in [1.807, 2.05) is 84.8 Å². The Morgan fingerprint density at radius 3 is 2.34 bits per heavy atom. The summed E-state index contributed by atoms with van der Waals surface area (Å²) >= 11 is 0. The molecule has 2 bridgehead atoms. The molecule has 50 heavy (non-hydrogen) atoms. The van der Waals surface area contributed by atoms with Crippen LogP contribution in [-0.2, 0) is 35.0 Å². The van der Waals surface area contributed by atoms with Gasteiger partial charge in [-0.05, 0) is 79.5 Å². The number of aryl methyl sites for hydroxylation is 1. The maximum atomic E-state index is 14.1. The van der Waals surface area contributed by atoms with Crippen molar-refractivity contribution < 1.29 is 43.5 Å². The van der Waals surface area contributed by atoms with Gasteiger partial charge in [0.15, 0.2) is 6.29 Å². The molecule has 3 aliphatic rings. The van der Waals surface area contributed by atoms with E-state index in [4.69, 9.17) is 29.4 Å². The molecule has 4 rings (SSSR count). The Balaban J connectivity index is 1.75. The zero-order valence-corrected chi connectivity index (χ0v) is 31.9. The van der Waals surface area contributed by atoms with E-state index in [0.29, 0.717) is 12.8 Å². The van der Waals surface area contributed by atoms with Gasteiger partial charge in [0.1, 0.15) is 23.9 Å². The number of aliphatic hydroxyl groups is 2. The second kappa shape index (κ2) is 16.1. The van der Waals surface area contributed by atoms with Gasteiger partial charge < -0.3 is 49.8 Å². The molecular weight excluding hydrogens is 642 g/mol. The number of carbonyl (C=O) groups excluding carboxylic acids is 2. The molecule has 3 saturated heterocycles. The zero-order chi connectivity index (χ0) is 37.3. The molecule has 2 unspecified atom stereocenters. The van der Waals surface area contributed by atoms with Crippen LogP contribution in [0.2, 0.25) is 0 Å². The summed E-state index contributed by atoms with van der Waals surface area (Å²) in [6, 6.07) is 7.05. The van der Waals surface area contributed by atoms with E-state index in [-0.39, 0.29) is 43.1 Å². The van der Waals surface area contributed by atoms with E-state index in [0.717, 1.165) is 11.1 Å². The number of carbonyl (C=O) groups is 2. The third-order valence-corrected chi connectivity index (χ3v) is 11.5. The number of ether oxygens (including phenoxy) is 5. The van der Waals surface area contributed by atoms with E-state index in [1.54, 1.807) is 20.8 Å². The van der Waals surface area contributed by atoms with E-state index >= 15 is 0 Å². The number of esters is 1. The summed E-state index contributed by atoms with van der Waals surface area (Å²) in [6.07, 6.45) is -5.02. The van der Waals surface area contributed by atoms with Crippen molar-refractivity contribution in [1.29, 1.82) is 0 Å². The number of alkyl carbamates (subject to hydrolysis) is 1. The highest BCUT2D eigenvalue weighted by atomic mass is 16.7. The van der Waals surface area contributed by atoms with Crippen molar-refractivity contribution in [3.8, 4) is 0 Å². The van der Waals surface area contributed by atoms with Crippen molar-refractivity contribution in [2.45, 2.75) is 154 Å². The van der Waals surface area contributed by atoms with E-state index in [9.17, 15) is 19.8 Å². The summed E-state index contributed by atoms with van der Waals surface area (Å²) in [6.45, 7) is 17.1. The molecule has 15 atom stereocenters. The van der Waals surface area contributed by atoms with Gasteiger partial charge in [-0.3, -0.25) is 4.79 Å². The van der Waals surface area contributed by atoms with Gasteiger partial charge in [-0.1, -0.05) is 57.5 Å². The number of benzene rings is 1. The minimum absolute atomic E-state index is 0.103. The Morgan fingerprint density at radius 1 is 1.10 bits per heavy atom. The summed E-state index contributed by atoms with van der Waals surface area (Å²) in [7, 11) is 3.78. The van der Waals surface area contributed by atoms with Crippen LogP contribution in [0.4, 0.5) is 4.79 Å². The molecular formula is C38H63N3O9. The summed E-state index contributed by atoms with van der Waals surface area (Å²) in [5.41, 5.74) is 6.25. The highest BCUT2D eigenvalue weighted by Gasteiger charge is 2.57. The Hall–Kier alpha value is -2.32. The maximum Gasteiger partial charge on any atom is 0.407 e. The van der Waals surface area contributed by atoms with Crippen LogP contribution < -0.4 is 11.1 Å². The number of aliphatic hydroxyl groups excluding tert-OH is 1. The topological polar surface area (TPSA) is 162 Å². The van der Waals surface area contributed by atoms with Crippen LogP contribution in [-0.4, -0.2) is 107 Å². The van der Waals surface area contributed by atoms with Gasteiger partial charge >= 0.3 is 12.1 Å². The van der Waals surface area contributed by atoms with Crippen molar-refractivity contribution in [3.05, 3.63) is 35.4 Å². The lowest BCUT2D eigenvalue weighted by Gasteiger charge is -2.47. The highest BCUT2D eigenvalue weighted by molar-refractivity contribution is 5.74.